The number of rotatable bonds is 2. The average Bonchev–Trinajstić information content (AvgIpc) is 2.11. The summed E-state index contributed by atoms with van der Waals surface area (Å²) in [5.74, 6) is 2.62. The molecule has 0 aliphatic rings. The van der Waals surface area contributed by atoms with Crippen molar-refractivity contribution in [2.45, 2.75) is 13.0 Å². The van der Waals surface area contributed by atoms with Crippen molar-refractivity contribution in [2.75, 3.05) is 5.32 Å². The second-order valence-electron chi connectivity index (χ2n) is 2.66. The second kappa shape index (κ2) is 4.87. The highest BCUT2D eigenvalue weighted by atomic mass is 127. The van der Waals surface area contributed by atoms with Gasteiger partial charge in [-0.3, -0.25) is 0 Å². The SMILES string of the molecule is C#CC(C)Nc1ccc(I)c(Br)c1. The van der Waals surface area contributed by atoms with Crippen molar-refractivity contribution >= 4 is 44.2 Å². The van der Waals surface area contributed by atoms with E-state index in [1.165, 1.54) is 3.57 Å². The predicted octanol–water partition coefficient (Wildman–Crippen LogP) is 3.49. The Bertz CT molecular complexity index is 343. The van der Waals surface area contributed by atoms with Crippen LogP contribution in [0.4, 0.5) is 5.69 Å². The van der Waals surface area contributed by atoms with Crippen molar-refractivity contribution < 1.29 is 0 Å². The van der Waals surface area contributed by atoms with Crippen LogP contribution in [0.2, 0.25) is 0 Å². The van der Waals surface area contributed by atoms with Crippen LogP contribution in [0.5, 0.6) is 0 Å². The van der Waals surface area contributed by atoms with Gasteiger partial charge in [0.2, 0.25) is 0 Å². The van der Waals surface area contributed by atoms with Crippen molar-refractivity contribution in [3.8, 4) is 12.3 Å². The Labute approximate surface area is 101 Å². The molecule has 0 amide bonds. The molecule has 0 fully saturated rings. The number of hydrogen-bond acceptors (Lipinski definition) is 1. The summed E-state index contributed by atoms with van der Waals surface area (Å²) in [6.07, 6.45) is 5.26. The van der Waals surface area contributed by atoms with Gasteiger partial charge < -0.3 is 5.32 Å². The summed E-state index contributed by atoms with van der Waals surface area (Å²) < 4.78 is 2.28. The molecule has 1 aromatic rings. The molecule has 68 valence electrons. The third kappa shape index (κ3) is 3.20. The third-order valence-corrected chi connectivity index (χ3v) is 3.89. The van der Waals surface area contributed by atoms with Gasteiger partial charge in [0.25, 0.3) is 0 Å². The summed E-state index contributed by atoms with van der Waals surface area (Å²) in [7, 11) is 0. The largest absolute Gasteiger partial charge is 0.372 e. The molecule has 0 saturated heterocycles. The van der Waals surface area contributed by atoms with Gasteiger partial charge in [0.1, 0.15) is 0 Å². The Morgan fingerprint density at radius 2 is 2.31 bits per heavy atom. The summed E-state index contributed by atoms with van der Waals surface area (Å²) in [5, 5.41) is 3.19. The first-order chi connectivity index (χ1) is 6.13. The first-order valence-electron chi connectivity index (χ1n) is 3.81. The molecule has 0 spiro atoms. The quantitative estimate of drug-likeness (QED) is 0.636. The maximum atomic E-state index is 5.26. The number of nitrogens with one attached hydrogen (secondary N) is 1. The van der Waals surface area contributed by atoms with Gasteiger partial charge in [-0.05, 0) is 63.6 Å². The fourth-order valence-corrected chi connectivity index (χ4v) is 1.59. The molecule has 0 aliphatic carbocycles. The Kier molecular flexibility index (Phi) is 4.07. The van der Waals surface area contributed by atoms with Crippen LogP contribution in [-0.2, 0) is 0 Å². The van der Waals surface area contributed by atoms with E-state index in [9.17, 15) is 0 Å². The van der Waals surface area contributed by atoms with Gasteiger partial charge in [0.15, 0.2) is 0 Å². The van der Waals surface area contributed by atoms with Gasteiger partial charge in [-0.15, -0.1) is 6.42 Å². The average molecular weight is 350 g/mol. The summed E-state index contributed by atoms with van der Waals surface area (Å²) in [6.45, 7) is 1.95. The van der Waals surface area contributed by atoms with Crippen LogP contribution in [0.25, 0.3) is 0 Å². The van der Waals surface area contributed by atoms with Crippen molar-refractivity contribution in [1.29, 1.82) is 0 Å². The highest BCUT2D eigenvalue weighted by Gasteiger charge is 2.00. The first kappa shape index (κ1) is 10.9. The van der Waals surface area contributed by atoms with Crippen molar-refractivity contribution in [3.63, 3.8) is 0 Å². The van der Waals surface area contributed by atoms with E-state index in [-0.39, 0.29) is 6.04 Å². The zero-order valence-corrected chi connectivity index (χ0v) is 10.9. The third-order valence-electron chi connectivity index (χ3n) is 1.55. The normalized spacial score (nSPS) is 11.8. The zero-order valence-electron chi connectivity index (χ0n) is 7.14. The van der Waals surface area contributed by atoms with E-state index in [0.29, 0.717) is 0 Å². The van der Waals surface area contributed by atoms with Crippen LogP contribution < -0.4 is 5.32 Å². The summed E-state index contributed by atoms with van der Waals surface area (Å²) in [6, 6.07) is 6.14. The maximum absolute atomic E-state index is 5.26. The molecule has 1 nitrogen and oxygen atoms in total. The Balaban J connectivity index is 2.81. The van der Waals surface area contributed by atoms with E-state index in [4.69, 9.17) is 6.42 Å². The van der Waals surface area contributed by atoms with E-state index in [1.54, 1.807) is 0 Å². The molecule has 0 aliphatic heterocycles. The Morgan fingerprint density at radius 1 is 1.62 bits per heavy atom. The Morgan fingerprint density at radius 3 is 2.85 bits per heavy atom. The molecule has 13 heavy (non-hydrogen) atoms. The van der Waals surface area contributed by atoms with Gasteiger partial charge in [-0.1, -0.05) is 5.92 Å². The molecule has 0 saturated carbocycles. The highest BCUT2D eigenvalue weighted by Crippen LogP contribution is 2.23. The topological polar surface area (TPSA) is 12.0 Å². The van der Waals surface area contributed by atoms with Gasteiger partial charge in [-0.25, -0.2) is 0 Å². The van der Waals surface area contributed by atoms with Crippen molar-refractivity contribution in [1.82, 2.24) is 0 Å². The molecule has 1 atom stereocenters. The minimum Gasteiger partial charge on any atom is -0.372 e. The number of hydrogen-bond donors (Lipinski definition) is 1. The molecule has 0 bridgehead atoms. The smallest absolute Gasteiger partial charge is 0.0845 e. The highest BCUT2D eigenvalue weighted by molar-refractivity contribution is 14.1. The number of terminal acetylenes is 1. The Hall–Kier alpha value is -0.210. The number of anilines is 1. The minimum absolute atomic E-state index is 0.0620. The summed E-state index contributed by atoms with van der Waals surface area (Å²) >= 11 is 5.73. The van der Waals surface area contributed by atoms with Gasteiger partial charge in [0.05, 0.1) is 6.04 Å². The minimum atomic E-state index is 0.0620. The fourth-order valence-electron chi connectivity index (χ4n) is 0.878. The van der Waals surface area contributed by atoms with E-state index >= 15 is 0 Å². The second-order valence-corrected chi connectivity index (χ2v) is 4.68. The molecule has 1 unspecified atom stereocenters. The molecule has 1 rings (SSSR count). The monoisotopic (exact) mass is 349 g/mol. The van der Waals surface area contributed by atoms with E-state index in [2.05, 4.69) is 49.8 Å². The van der Waals surface area contributed by atoms with E-state index in [1.807, 2.05) is 25.1 Å². The summed E-state index contributed by atoms with van der Waals surface area (Å²) in [5.41, 5.74) is 1.04. The van der Waals surface area contributed by atoms with Crippen LogP contribution >= 0.6 is 38.5 Å². The van der Waals surface area contributed by atoms with Crippen LogP contribution in [0.3, 0.4) is 0 Å². The van der Waals surface area contributed by atoms with Crippen molar-refractivity contribution in [3.05, 3.63) is 26.2 Å². The number of benzene rings is 1. The number of halogens is 2. The van der Waals surface area contributed by atoms with Crippen LogP contribution in [-0.4, -0.2) is 6.04 Å². The summed E-state index contributed by atoms with van der Waals surface area (Å²) in [4.78, 5) is 0. The predicted molar refractivity (Wildman–Crippen MR) is 68.8 cm³/mol. The lowest BCUT2D eigenvalue weighted by molar-refractivity contribution is 1.03. The van der Waals surface area contributed by atoms with Crippen LogP contribution in [0, 0.1) is 15.9 Å². The zero-order chi connectivity index (χ0) is 9.84. The molecule has 3 heteroatoms. The van der Waals surface area contributed by atoms with Gasteiger partial charge >= 0.3 is 0 Å². The standard InChI is InChI=1S/C10H9BrIN/c1-3-7(2)13-8-4-5-10(12)9(11)6-8/h1,4-7,13H,2H3. The van der Waals surface area contributed by atoms with Crippen LogP contribution in [0.15, 0.2) is 22.7 Å². The molecular formula is C10H9BrIN. The molecule has 0 aromatic heterocycles. The lowest BCUT2D eigenvalue weighted by atomic mass is 10.3. The first-order valence-corrected chi connectivity index (χ1v) is 5.68. The fraction of sp³-hybridized carbons (Fsp3) is 0.200. The molecule has 1 N–H and O–H groups in total. The van der Waals surface area contributed by atoms with Gasteiger partial charge in [0, 0.05) is 13.7 Å². The van der Waals surface area contributed by atoms with Gasteiger partial charge in [-0.2, -0.15) is 0 Å². The lowest BCUT2D eigenvalue weighted by Gasteiger charge is -2.09. The van der Waals surface area contributed by atoms with E-state index < -0.39 is 0 Å². The van der Waals surface area contributed by atoms with Crippen LogP contribution in [0.1, 0.15) is 6.92 Å². The molecular weight excluding hydrogens is 341 g/mol. The maximum Gasteiger partial charge on any atom is 0.0845 e. The molecule has 0 heterocycles. The molecule has 1 aromatic carbocycles. The van der Waals surface area contributed by atoms with Crippen molar-refractivity contribution in [2.24, 2.45) is 0 Å². The lowest BCUT2D eigenvalue weighted by Crippen LogP contribution is -2.11. The molecule has 0 radical (unpaired) electrons. The van der Waals surface area contributed by atoms with E-state index in [0.717, 1.165) is 10.2 Å².